The van der Waals surface area contributed by atoms with Gasteiger partial charge in [-0.05, 0) is 0 Å². The van der Waals surface area contributed by atoms with Crippen molar-refractivity contribution in [2.75, 3.05) is 20.3 Å². The van der Waals surface area contributed by atoms with Crippen molar-refractivity contribution in [3.05, 3.63) is 11.4 Å². The SMILES string of the molecule is [C-]#[N+]CCCOC. The summed E-state index contributed by atoms with van der Waals surface area (Å²) in [6, 6.07) is 0. The molecule has 0 saturated heterocycles. The molecule has 40 valence electrons. The van der Waals surface area contributed by atoms with Crippen molar-refractivity contribution in [2.24, 2.45) is 0 Å². The Morgan fingerprint density at radius 2 is 2.43 bits per heavy atom. The molecular weight excluding hydrogens is 90.1 g/mol. The normalized spacial score (nSPS) is 8.00. The molecule has 0 aromatic heterocycles. The fourth-order valence-electron chi connectivity index (χ4n) is 0.288. The molecule has 0 aromatic carbocycles. The summed E-state index contributed by atoms with van der Waals surface area (Å²) < 4.78 is 4.70. The van der Waals surface area contributed by atoms with E-state index in [1.807, 2.05) is 0 Å². The van der Waals surface area contributed by atoms with Crippen molar-refractivity contribution in [2.45, 2.75) is 6.42 Å². The summed E-state index contributed by atoms with van der Waals surface area (Å²) in [5.74, 6) is 0. The average molecular weight is 99.1 g/mol. The maximum atomic E-state index is 6.35. The third-order valence-corrected chi connectivity index (χ3v) is 0.618. The second-order valence-electron chi connectivity index (χ2n) is 1.23. The van der Waals surface area contributed by atoms with Crippen molar-refractivity contribution >= 4 is 0 Å². The van der Waals surface area contributed by atoms with E-state index in [0.29, 0.717) is 13.2 Å². The zero-order chi connectivity index (χ0) is 5.54. The van der Waals surface area contributed by atoms with Crippen LogP contribution in [0.3, 0.4) is 0 Å². The summed E-state index contributed by atoms with van der Waals surface area (Å²) in [4.78, 5) is 3.14. The minimum absolute atomic E-state index is 0.591. The van der Waals surface area contributed by atoms with Crippen molar-refractivity contribution in [1.82, 2.24) is 0 Å². The second-order valence-corrected chi connectivity index (χ2v) is 1.23. The number of nitrogens with zero attached hydrogens (tertiary/aromatic N) is 1. The van der Waals surface area contributed by atoms with Gasteiger partial charge in [-0.15, -0.1) is 0 Å². The maximum Gasteiger partial charge on any atom is 0.216 e. The second kappa shape index (κ2) is 5.45. The maximum absolute atomic E-state index is 6.35. The van der Waals surface area contributed by atoms with Gasteiger partial charge in [0.1, 0.15) is 0 Å². The van der Waals surface area contributed by atoms with E-state index < -0.39 is 0 Å². The van der Waals surface area contributed by atoms with Crippen LogP contribution in [0.2, 0.25) is 0 Å². The molecule has 0 heterocycles. The van der Waals surface area contributed by atoms with E-state index in [0.717, 1.165) is 6.42 Å². The van der Waals surface area contributed by atoms with Crippen molar-refractivity contribution in [3.63, 3.8) is 0 Å². The first-order chi connectivity index (χ1) is 3.41. The van der Waals surface area contributed by atoms with Crippen LogP contribution in [0.4, 0.5) is 0 Å². The number of ether oxygens (including phenoxy) is 1. The number of hydrogen-bond donors (Lipinski definition) is 0. The van der Waals surface area contributed by atoms with Gasteiger partial charge in [0.15, 0.2) is 0 Å². The molecule has 0 fully saturated rings. The van der Waals surface area contributed by atoms with E-state index in [1.165, 1.54) is 0 Å². The van der Waals surface area contributed by atoms with E-state index in [-0.39, 0.29) is 0 Å². The highest BCUT2D eigenvalue weighted by Crippen LogP contribution is 1.78. The Bertz CT molecular complexity index is 65.0. The minimum atomic E-state index is 0.591. The van der Waals surface area contributed by atoms with Gasteiger partial charge in [-0.3, -0.25) is 0 Å². The highest BCUT2D eigenvalue weighted by molar-refractivity contribution is 4.55. The van der Waals surface area contributed by atoms with Crippen LogP contribution in [0, 0.1) is 6.57 Å². The van der Waals surface area contributed by atoms with Crippen LogP contribution in [-0.4, -0.2) is 20.3 Å². The van der Waals surface area contributed by atoms with Gasteiger partial charge < -0.3 is 9.58 Å². The molecule has 7 heavy (non-hydrogen) atoms. The van der Waals surface area contributed by atoms with E-state index in [9.17, 15) is 0 Å². The molecule has 0 bridgehead atoms. The van der Waals surface area contributed by atoms with Crippen LogP contribution in [0.5, 0.6) is 0 Å². The van der Waals surface area contributed by atoms with Gasteiger partial charge >= 0.3 is 0 Å². The van der Waals surface area contributed by atoms with Crippen molar-refractivity contribution < 1.29 is 4.74 Å². The molecule has 0 radical (unpaired) electrons. The zero-order valence-corrected chi connectivity index (χ0v) is 4.48. The van der Waals surface area contributed by atoms with Gasteiger partial charge in [-0.1, -0.05) is 0 Å². The fourth-order valence-corrected chi connectivity index (χ4v) is 0.288. The molecule has 2 nitrogen and oxygen atoms in total. The summed E-state index contributed by atoms with van der Waals surface area (Å²) in [5, 5.41) is 0. The quantitative estimate of drug-likeness (QED) is 0.379. The van der Waals surface area contributed by atoms with Gasteiger partial charge in [0.05, 0.1) is 6.61 Å². The zero-order valence-electron chi connectivity index (χ0n) is 4.48. The number of methoxy groups -OCH3 is 1. The Morgan fingerprint density at radius 1 is 1.71 bits per heavy atom. The lowest BCUT2D eigenvalue weighted by Crippen LogP contribution is -1.88. The molecule has 2 heteroatoms. The number of rotatable bonds is 3. The van der Waals surface area contributed by atoms with Crippen LogP contribution < -0.4 is 0 Å². The lowest BCUT2D eigenvalue weighted by atomic mass is 10.5. The topological polar surface area (TPSA) is 13.6 Å². The van der Waals surface area contributed by atoms with E-state index in [2.05, 4.69) is 4.85 Å². The first kappa shape index (κ1) is 6.45. The third-order valence-electron chi connectivity index (χ3n) is 0.618. The van der Waals surface area contributed by atoms with Gasteiger partial charge in [0.25, 0.3) is 0 Å². The Hall–Kier alpha value is -0.550. The first-order valence-corrected chi connectivity index (χ1v) is 2.24. The highest BCUT2D eigenvalue weighted by Gasteiger charge is 1.82. The summed E-state index contributed by atoms with van der Waals surface area (Å²) in [6.07, 6.45) is 0.861. The smallest absolute Gasteiger partial charge is 0.216 e. The van der Waals surface area contributed by atoms with E-state index in [1.54, 1.807) is 7.11 Å². The summed E-state index contributed by atoms with van der Waals surface area (Å²) in [6.45, 7) is 7.65. The van der Waals surface area contributed by atoms with Crippen LogP contribution in [-0.2, 0) is 4.74 Å². The standard InChI is InChI=1S/C5H9NO/c1-6-4-3-5-7-2/h3-5H2,2H3. The van der Waals surface area contributed by atoms with Crippen LogP contribution >= 0.6 is 0 Å². The van der Waals surface area contributed by atoms with E-state index in [4.69, 9.17) is 11.3 Å². The molecule has 0 saturated carbocycles. The van der Waals surface area contributed by atoms with Crippen molar-refractivity contribution in [3.8, 4) is 0 Å². The molecule has 0 spiro atoms. The molecule has 0 aliphatic heterocycles. The lowest BCUT2D eigenvalue weighted by molar-refractivity contribution is 0.198. The first-order valence-electron chi connectivity index (χ1n) is 2.24. The summed E-state index contributed by atoms with van der Waals surface area (Å²) in [7, 11) is 1.64. The average Bonchev–Trinajstić information content (AvgIpc) is 1.69. The van der Waals surface area contributed by atoms with Gasteiger partial charge in [0, 0.05) is 13.5 Å². The third kappa shape index (κ3) is 5.45. The molecule has 0 aliphatic carbocycles. The van der Waals surface area contributed by atoms with Gasteiger partial charge in [0.2, 0.25) is 6.54 Å². The summed E-state index contributed by atoms with van der Waals surface area (Å²) in [5.41, 5.74) is 0. The highest BCUT2D eigenvalue weighted by atomic mass is 16.5. The lowest BCUT2D eigenvalue weighted by Gasteiger charge is -1.86. The minimum Gasteiger partial charge on any atom is -0.384 e. The fraction of sp³-hybridized carbons (Fsp3) is 0.800. The van der Waals surface area contributed by atoms with E-state index >= 15 is 0 Å². The molecular formula is C5H9NO. The molecule has 0 aliphatic rings. The molecule has 0 atom stereocenters. The van der Waals surface area contributed by atoms with Gasteiger partial charge in [-0.2, -0.15) is 0 Å². The van der Waals surface area contributed by atoms with Gasteiger partial charge in [-0.25, -0.2) is 6.57 Å². The molecule has 0 aromatic rings. The molecule has 0 unspecified atom stereocenters. The van der Waals surface area contributed by atoms with Crippen LogP contribution in [0.15, 0.2) is 0 Å². The predicted octanol–water partition coefficient (Wildman–Crippen LogP) is 0.942. The Balaban J connectivity index is 2.60. The Morgan fingerprint density at radius 3 is 2.86 bits per heavy atom. The number of hydrogen-bond acceptors (Lipinski definition) is 1. The monoisotopic (exact) mass is 99.1 g/mol. The Kier molecular flexibility index (Phi) is 5.02. The summed E-state index contributed by atoms with van der Waals surface area (Å²) >= 11 is 0. The van der Waals surface area contributed by atoms with Crippen LogP contribution in [0.1, 0.15) is 6.42 Å². The predicted molar refractivity (Wildman–Crippen MR) is 28.0 cm³/mol. The Labute approximate surface area is 43.9 Å². The largest absolute Gasteiger partial charge is 0.384 e. The van der Waals surface area contributed by atoms with Crippen molar-refractivity contribution in [1.29, 1.82) is 0 Å². The molecule has 0 N–H and O–H groups in total. The van der Waals surface area contributed by atoms with Crippen LogP contribution in [0.25, 0.3) is 4.85 Å². The molecule has 0 amide bonds. The molecule has 0 rings (SSSR count).